The van der Waals surface area contributed by atoms with Crippen LogP contribution in [0.3, 0.4) is 0 Å². The molecule has 80 valence electrons. The zero-order valence-corrected chi connectivity index (χ0v) is 8.84. The van der Waals surface area contributed by atoms with E-state index in [1.165, 1.54) is 17.3 Å². The van der Waals surface area contributed by atoms with Gasteiger partial charge in [0.05, 0.1) is 5.69 Å². The summed E-state index contributed by atoms with van der Waals surface area (Å²) >= 11 is 0. The van der Waals surface area contributed by atoms with Crippen LogP contribution in [-0.4, -0.2) is 31.8 Å². The average molecular weight is 215 g/mol. The summed E-state index contributed by atoms with van der Waals surface area (Å²) in [6.07, 6.45) is 2.76. The fourth-order valence-electron chi connectivity index (χ4n) is 1.38. The molecule has 0 bridgehead atoms. The minimum Gasteiger partial charge on any atom is -0.372 e. The van der Waals surface area contributed by atoms with E-state index in [4.69, 9.17) is 5.26 Å². The van der Waals surface area contributed by atoms with Crippen molar-refractivity contribution in [1.29, 1.82) is 5.26 Å². The highest BCUT2D eigenvalue weighted by molar-refractivity contribution is 5.56. The first kappa shape index (κ1) is 10.0. The molecule has 0 atom stereocenters. The van der Waals surface area contributed by atoms with E-state index >= 15 is 0 Å². The van der Waals surface area contributed by atoms with Crippen molar-refractivity contribution in [2.24, 2.45) is 0 Å². The molecule has 0 amide bonds. The van der Waals surface area contributed by atoms with E-state index < -0.39 is 0 Å². The van der Waals surface area contributed by atoms with Gasteiger partial charge in [-0.15, -0.1) is 0 Å². The summed E-state index contributed by atoms with van der Waals surface area (Å²) in [5.41, 5.74) is 1.12. The molecule has 0 saturated heterocycles. The number of rotatable bonds is 2. The van der Waals surface area contributed by atoms with Crippen molar-refractivity contribution in [3.8, 4) is 12.0 Å². The largest absolute Gasteiger partial charge is 0.372 e. The smallest absolute Gasteiger partial charge is 0.255 e. The summed E-state index contributed by atoms with van der Waals surface area (Å²) in [5.74, 6) is 0.954. The van der Waals surface area contributed by atoms with E-state index in [1.807, 2.05) is 0 Å². The van der Waals surface area contributed by atoms with Gasteiger partial charge in [0.25, 0.3) is 5.95 Å². The molecule has 2 rings (SSSR count). The van der Waals surface area contributed by atoms with Crippen LogP contribution in [0.5, 0.6) is 0 Å². The second kappa shape index (κ2) is 3.94. The number of aryl methyl sites for hydroxylation is 1. The number of nitrogens with one attached hydrogen (secondary N) is 1. The van der Waals surface area contributed by atoms with E-state index in [2.05, 4.69) is 31.4 Å². The molecule has 7 nitrogen and oxygen atoms in total. The first-order valence-electron chi connectivity index (χ1n) is 4.57. The van der Waals surface area contributed by atoms with Gasteiger partial charge in [-0.1, -0.05) is 0 Å². The van der Waals surface area contributed by atoms with E-state index in [0.717, 1.165) is 0 Å². The summed E-state index contributed by atoms with van der Waals surface area (Å²) in [4.78, 5) is 11.7. The number of nitriles is 1. The Labute approximate surface area is 91.8 Å². The minimum absolute atomic E-state index is 0.379. The number of nitrogens with zero attached hydrogens (tertiary/aromatic N) is 6. The normalized spacial score (nSPS) is 9.81. The van der Waals surface area contributed by atoms with Crippen LogP contribution in [0.25, 0.3) is 5.95 Å². The zero-order valence-electron chi connectivity index (χ0n) is 8.84. The fourth-order valence-corrected chi connectivity index (χ4v) is 1.38. The Morgan fingerprint density at radius 3 is 2.62 bits per heavy atom. The first-order chi connectivity index (χ1) is 7.77. The number of hydrogen-bond donors (Lipinski definition) is 1. The molecule has 0 spiro atoms. The minimum atomic E-state index is 0.379. The maximum Gasteiger partial charge on any atom is 0.255 e. The molecule has 0 aromatic carbocycles. The van der Waals surface area contributed by atoms with E-state index in [1.54, 1.807) is 14.0 Å². The fraction of sp³-hybridized carbons (Fsp3) is 0.222. The third-order valence-electron chi connectivity index (χ3n) is 2.08. The molecular weight excluding hydrogens is 206 g/mol. The molecular formula is C9H9N7. The van der Waals surface area contributed by atoms with Gasteiger partial charge in [0.1, 0.15) is 24.3 Å². The Hall–Kier alpha value is -2.49. The van der Waals surface area contributed by atoms with Gasteiger partial charge in [-0.2, -0.15) is 25.0 Å². The van der Waals surface area contributed by atoms with Crippen LogP contribution in [0.4, 0.5) is 5.82 Å². The van der Waals surface area contributed by atoms with Gasteiger partial charge < -0.3 is 5.32 Å². The van der Waals surface area contributed by atoms with Crippen LogP contribution in [0, 0.1) is 18.3 Å². The van der Waals surface area contributed by atoms with Crippen molar-refractivity contribution in [2.45, 2.75) is 6.92 Å². The molecule has 0 unspecified atom stereocenters. The molecule has 0 aliphatic heterocycles. The van der Waals surface area contributed by atoms with Crippen molar-refractivity contribution >= 4 is 5.82 Å². The molecule has 2 aromatic rings. The third-order valence-corrected chi connectivity index (χ3v) is 2.08. The summed E-state index contributed by atoms with van der Waals surface area (Å²) in [7, 11) is 1.72. The summed E-state index contributed by atoms with van der Waals surface area (Å²) in [5, 5.41) is 16.1. The van der Waals surface area contributed by atoms with E-state index in [0.29, 0.717) is 23.0 Å². The van der Waals surface area contributed by atoms with Crippen LogP contribution in [0.1, 0.15) is 11.3 Å². The quantitative estimate of drug-likeness (QED) is 0.773. The van der Waals surface area contributed by atoms with Crippen molar-refractivity contribution in [1.82, 2.24) is 24.7 Å². The van der Waals surface area contributed by atoms with E-state index in [9.17, 15) is 0 Å². The molecule has 7 heteroatoms. The Morgan fingerprint density at radius 2 is 2.06 bits per heavy atom. The zero-order chi connectivity index (χ0) is 11.5. The number of hydrogen-bond acceptors (Lipinski definition) is 6. The Morgan fingerprint density at radius 1 is 1.38 bits per heavy atom. The predicted octanol–water partition coefficient (Wildman–Crippen LogP) is 0.279. The van der Waals surface area contributed by atoms with Crippen LogP contribution in [-0.2, 0) is 0 Å². The number of aromatic nitrogens is 5. The van der Waals surface area contributed by atoms with Crippen LogP contribution >= 0.6 is 0 Å². The molecule has 16 heavy (non-hydrogen) atoms. The SMILES string of the molecule is CNc1c(C#N)c(C)nn1-c1ncncn1. The Balaban J connectivity index is 2.63. The van der Waals surface area contributed by atoms with Gasteiger partial charge >= 0.3 is 0 Å². The summed E-state index contributed by atoms with van der Waals surface area (Å²) in [6.45, 7) is 1.76. The van der Waals surface area contributed by atoms with Gasteiger partial charge in [0.2, 0.25) is 0 Å². The van der Waals surface area contributed by atoms with Crippen LogP contribution < -0.4 is 5.32 Å². The van der Waals surface area contributed by atoms with Gasteiger partial charge in [0, 0.05) is 7.05 Å². The second-order valence-corrected chi connectivity index (χ2v) is 3.02. The van der Waals surface area contributed by atoms with Crippen LogP contribution in [0.2, 0.25) is 0 Å². The van der Waals surface area contributed by atoms with Crippen molar-refractivity contribution in [2.75, 3.05) is 12.4 Å². The van der Waals surface area contributed by atoms with Gasteiger partial charge in [0.15, 0.2) is 5.82 Å². The lowest BCUT2D eigenvalue weighted by molar-refractivity contribution is 0.789. The average Bonchev–Trinajstić information content (AvgIpc) is 2.66. The van der Waals surface area contributed by atoms with Gasteiger partial charge in [-0.3, -0.25) is 0 Å². The monoisotopic (exact) mass is 215 g/mol. The first-order valence-corrected chi connectivity index (χ1v) is 4.57. The van der Waals surface area contributed by atoms with Crippen LogP contribution in [0.15, 0.2) is 12.7 Å². The lowest BCUT2D eigenvalue weighted by Crippen LogP contribution is -2.07. The molecule has 2 aromatic heterocycles. The lowest BCUT2D eigenvalue weighted by Gasteiger charge is -2.03. The van der Waals surface area contributed by atoms with Gasteiger partial charge in [-0.05, 0) is 6.92 Å². The third kappa shape index (κ3) is 1.46. The highest BCUT2D eigenvalue weighted by Gasteiger charge is 2.16. The Bertz CT molecular complexity index is 537. The predicted molar refractivity (Wildman–Crippen MR) is 55.9 cm³/mol. The lowest BCUT2D eigenvalue weighted by atomic mass is 10.3. The second-order valence-electron chi connectivity index (χ2n) is 3.02. The maximum absolute atomic E-state index is 8.99. The van der Waals surface area contributed by atoms with Crippen molar-refractivity contribution < 1.29 is 0 Å². The number of anilines is 1. The highest BCUT2D eigenvalue weighted by Crippen LogP contribution is 2.19. The van der Waals surface area contributed by atoms with Crippen molar-refractivity contribution in [3.63, 3.8) is 0 Å². The van der Waals surface area contributed by atoms with E-state index in [-0.39, 0.29) is 0 Å². The molecule has 0 saturated carbocycles. The molecule has 0 radical (unpaired) electrons. The topological polar surface area (TPSA) is 92.3 Å². The standard InChI is InChI=1S/C9H9N7/c1-6-7(3-10)8(11-2)16(15-6)9-13-4-12-5-14-9/h4-5,11H,1-2H3. The van der Waals surface area contributed by atoms with Crippen molar-refractivity contribution in [3.05, 3.63) is 23.9 Å². The Kier molecular flexibility index (Phi) is 2.47. The molecule has 0 aliphatic rings. The molecule has 2 heterocycles. The molecule has 0 aliphatic carbocycles. The molecule has 0 fully saturated rings. The maximum atomic E-state index is 8.99. The summed E-state index contributed by atoms with van der Waals surface area (Å²) < 4.78 is 1.48. The molecule has 1 N–H and O–H groups in total. The van der Waals surface area contributed by atoms with Gasteiger partial charge in [-0.25, -0.2) is 4.98 Å². The highest BCUT2D eigenvalue weighted by atomic mass is 15.4. The summed E-state index contributed by atoms with van der Waals surface area (Å²) in [6, 6.07) is 2.09.